The zero-order valence-corrected chi connectivity index (χ0v) is 13.7. The lowest BCUT2D eigenvalue weighted by Gasteiger charge is -2.41. The molecule has 0 aromatic carbocycles. The van der Waals surface area contributed by atoms with Gasteiger partial charge in [-0.25, -0.2) is 0 Å². The van der Waals surface area contributed by atoms with Crippen molar-refractivity contribution >= 4 is 0 Å². The number of fused-ring (bicyclic) bond motifs is 1. The molecule has 2 aliphatic heterocycles. The molecule has 4 rings (SSSR count). The number of hydrogen-bond donors (Lipinski definition) is 0. The number of nitrogens with zero attached hydrogens (tertiary/aromatic N) is 5. The van der Waals surface area contributed by atoms with E-state index in [9.17, 15) is 0 Å². The van der Waals surface area contributed by atoms with Crippen molar-refractivity contribution in [3.8, 4) is 0 Å². The molecule has 4 heterocycles. The molecule has 7 heteroatoms. The van der Waals surface area contributed by atoms with Gasteiger partial charge in [0, 0.05) is 18.3 Å². The van der Waals surface area contributed by atoms with Gasteiger partial charge in [0.25, 0.3) is 0 Å². The Bertz CT molecular complexity index is 680. The summed E-state index contributed by atoms with van der Waals surface area (Å²) in [6.45, 7) is 7.30. The summed E-state index contributed by atoms with van der Waals surface area (Å²) in [5.74, 6) is 1.24. The molecule has 0 spiro atoms. The van der Waals surface area contributed by atoms with Crippen LogP contribution in [0.1, 0.15) is 48.5 Å². The quantitative estimate of drug-likeness (QED) is 0.860. The number of aryl methyl sites for hydroxylation is 2. The summed E-state index contributed by atoms with van der Waals surface area (Å²) >= 11 is 0. The maximum Gasteiger partial charge on any atom is 0.248 e. The van der Waals surface area contributed by atoms with Crippen molar-refractivity contribution < 1.29 is 9.26 Å². The van der Waals surface area contributed by atoms with Crippen LogP contribution in [0.4, 0.5) is 0 Å². The predicted octanol–water partition coefficient (Wildman–Crippen LogP) is 1.86. The van der Waals surface area contributed by atoms with Crippen LogP contribution in [0.25, 0.3) is 0 Å². The third-order valence-electron chi connectivity index (χ3n) is 4.80. The van der Waals surface area contributed by atoms with Gasteiger partial charge in [-0.1, -0.05) is 11.6 Å². The molecular weight excluding hydrogens is 294 g/mol. The van der Waals surface area contributed by atoms with E-state index in [1.165, 1.54) is 19.3 Å². The number of aromatic nitrogens is 4. The van der Waals surface area contributed by atoms with Crippen molar-refractivity contribution in [3.63, 3.8) is 0 Å². The van der Waals surface area contributed by atoms with Gasteiger partial charge in [-0.3, -0.25) is 9.58 Å². The summed E-state index contributed by atoms with van der Waals surface area (Å²) in [4.78, 5) is 7.04. The summed E-state index contributed by atoms with van der Waals surface area (Å²) in [6.07, 6.45) is 3.74. The topological polar surface area (TPSA) is 69.2 Å². The van der Waals surface area contributed by atoms with Crippen molar-refractivity contribution in [3.05, 3.63) is 29.2 Å². The zero-order chi connectivity index (χ0) is 15.8. The van der Waals surface area contributed by atoms with Gasteiger partial charge < -0.3 is 9.26 Å². The fourth-order valence-corrected chi connectivity index (χ4v) is 3.56. The molecule has 7 nitrogen and oxygen atoms in total. The zero-order valence-electron chi connectivity index (χ0n) is 13.7. The van der Waals surface area contributed by atoms with Crippen LogP contribution in [0.15, 0.2) is 10.6 Å². The fraction of sp³-hybridized carbons (Fsp3) is 0.688. The highest BCUT2D eigenvalue weighted by atomic mass is 16.5. The lowest BCUT2D eigenvalue weighted by Crippen LogP contribution is -2.49. The third-order valence-corrected chi connectivity index (χ3v) is 4.80. The Labute approximate surface area is 135 Å². The maximum absolute atomic E-state index is 5.98. The fourth-order valence-electron chi connectivity index (χ4n) is 3.56. The van der Waals surface area contributed by atoms with E-state index in [2.05, 4.69) is 20.1 Å². The Balaban J connectivity index is 1.44. The molecule has 23 heavy (non-hydrogen) atoms. The molecule has 2 aliphatic rings. The minimum Gasteiger partial charge on any atom is -0.367 e. The van der Waals surface area contributed by atoms with Gasteiger partial charge in [0.15, 0.2) is 0 Å². The van der Waals surface area contributed by atoms with Crippen molar-refractivity contribution in [1.82, 2.24) is 24.8 Å². The molecule has 2 aromatic rings. The van der Waals surface area contributed by atoms with Crippen LogP contribution in [0.3, 0.4) is 0 Å². The molecule has 2 aromatic heterocycles. The Morgan fingerprint density at radius 2 is 2.22 bits per heavy atom. The first kappa shape index (κ1) is 14.8. The number of rotatable bonds is 3. The molecule has 0 amide bonds. The molecule has 0 bridgehead atoms. The van der Waals surface area contributed by atoms with Crippen LogP contribution in [0.5, 0.6) is 0 Å². The summed E-state index contributed by atoms with van der Waals surface area (Å²) in [6, 6.07) is 2.61. The van der Waals surface area contributed by atoms with Crippen LogP contribution < -0.4 is 0 Å². The van der Waals surface area contributed by atoms with Crippen molar-refractivity contribution in [2.24, 2.45) is 0 Å². The minimum absolute atomic E-state index is 0.0812. The van der Waals surface area contributed by atoms with E-state index >= 15 is 0 Å². The lowest BCUT2D eigenvalue weighted by molar-refractivity contribution is -0.0805. The number of morpholine rings is 1. The monoisotopic (exact) mass is 317 g/mol. The van der Waals surface area contributed by atoms with Gasteiger partial charge in [-0.2, -0.15) is 10.1 Å². The molecule has 2 fully saturated rings. The van der Waals surface area contributed by atoms with Crippen LogP contribution >= 0.6 is 0 Å². The van der Waals surface area contributed by atoms with E-state index in [1.54, 1.807) is 0 Å². The highest BCUT2D eigenvalue weighted by molar-refractivity contribution is 5.07. The molecule has 124 valence electrons. The summed E-state index contributed by atoms with van der Waals surface area (Å²) in [5.41, 5.74) is 2.08. The average molecular weight is 317 g/mol. The number of ether oxygens (including phenoxy) is 1. The smallest absolute Gasteiger partial charge is 0.248 e. The molecule has 0 N–H and O–H groups in total. The minimum atomic E-state index is -0.0812. The highest BCUT2D eigenvalue weighted by Crippen LogP contribution is 2.28. The molecule has 0 saturated carbocycles. The SMILES string of the molecule is Cc1cc(C)n(Cc2nc([C@H]3CN4CCCCC4CO3)no2)n1. The van der Waals surface area contributed by atoms with Crippen molar-refractivity contribution in [2.45, 2.75) is 51.8 Å². The summed E-state index contributed by atoms with van der Waals surface area (Å²) in [7, 11) is 0. The largest absolute Gasteiger partial charge is 0.367 e. The molecule has 1 unspecified atom stereocenters. The van der Waals surface area contributed by atoms with Gasteiger partial charge in [-0.15, -0.1) is 0 Å². The first-order valence-corrected chi connectivity index (χ1v) is 8.38. The summed E-state index contributed by atoms with van der Waals surface area (Å²) in [5, 5.41) is 8.56. The van der Waals surface area contributed by atoms with Gasteiger partial charge >= 0.3 is 0 Å². The van der Waals surface area contributed by atoms with E-state index in [4.69, 9.17) is 9.26 Å². The Morgan fingerprint density at radius 1 is 1.30 bits per heavy atom. The molecule has 2 atom stereocenters. The first-order valence-electron chi connectivity index (χ1n) is 8.38. The van der Waals surface area contributed by atoms with Gasteiger partial charge in [0.05, 0.1) is 12.3 Å². The van der Waals surface area contributed by atoms with Crippen LogP contribution in [-0.4, -0.2) is 50.6 Å². The standard InChI is InChI=1S/C16H23N5O2/c1-11-7-12(2)21(18-11)9-15-17-16(19-23-15)14-8-20-6-4-3-5-13(20)10-22-14/h7,13-14H,3-6,8-10H2,1-2H3/t13?,14-/m1/s1. The second kappa shape index (κ2) is 6.05. The second-order valence-corrected chi connectivity index (χ2v) is 6.60. The lowest BCUT2D eigenvalue weighted by atomic mass is 10.0. The van der Waals surface area contributed by atoms with E-state index in [0.717, 1.165) is 31.1 Å². The first-order chi connectivity index (χ1) is 11.2. The van der Waals surface area contributed by atoms with E-state index in [0.29, 0.717) is 24.3 Å². The molecule has 2 saturated heterocycles. The predicted molar refractivity (Wildman–Crippen MR) is 83.0 cm³/mol. The molecular formula is C16H23N5O2. The Morgan fingerprint density at radius 3 is 3.04 bits per heavy atom. The Hall–Kier alpha value is -1.73. The number of piperidine rings is 1. The van der Waals surface area contributed by atoms with Crippen molar-refractivity contribution in [1.29, 1.82) is 0 Å². The molecule has 0 radical (unpaired) electrons. The van der Waals surface area contributed by atoms with Gasteiger partial charge in [-0.05, 0) is 39.3 Å². The Kier molecular flexibility index (Phi) is 3.90. The van der Waals surface area contributed by atoms with Crippen molar-refractivity contribution in [2.75, 3.05) is 19.7 Å². The van der Waals surface area contributed by atoms with Crippen LogP contribution in [0, 0.1) is 13.8 Å². The molecule has 0 aliphatic carbocycles. The van der Waals surface area contributed by atoms with Gasteiger partial charge in [0.2, 0.25) is 11.7 Å². The average Bonchev–Trinajstić information content (AvgIpc) is 3.14. The second-order valence-electron chi connectivity index (χ2n) is 6.60. The van der Waals surface area contributed by atoms with Crippen LogP contribution in [0.2, 0.25) is 0 Å². The summed E-state index contributed by atoms with van der Waals surface area (Å²) < 4.78 is 13.3. The highest BCUT2D eigenvalue weighted by Gasteiger charge is 2.33. The maximum atomic E-state index is 5.98. The van der Waals surface area contributed by atoms with E-state index in [-0.39, 0.29) is 6.10 Å². The van der Waals surface area contributed by atoms with Crippen LogP contribution in [-0.2, 0) is 11.3 Å². The third kappa shape index (κ3) is 3.03. The number of hydrogen-bond acceptors (Lipinski definition) is 6. The van der Waals surface area contributed by atoms with E-state index < -0.39 is 0 Å². The van der Waals surface area contributed by atoms with Gasteiger partial charge in [0.1, 0.15) is 12.6 Å². The van der Waals surface area contributed by atoms with E-state index in [1.807, 2.05) is 24.6 Å². The normalized spacial score (nSPS) is 25.5.